The molecule has 0 unspecified atom stereocenters. The van der Waals surface area contributed by atoms with Gasteiger partial charge in [-0.2, -0.15) is 0 Å². The molecule has 0 heterocycles. The van der Waals surface area contributed by atoms with Gasteiger partial charge in [0, 0.05) is 0 Å². The molecule has 0 aromatic rings. The number of unbranched alkanes of at least 4 members (excludes halogenated alkanes) is 20. The van der Waals surface area contributed by atoms with Crippen molar-refractivity contribution < 1.29 is 9.96 Å². The molecule has 0 bridgehead atoms. The lowest BCUT2D eigenvalue weighted by atomic mass is 10.0. The number of rotatable bonds is 24. The van der Waals surface area contributed by atoms with Crippen molar-refractivity contribution in [3.63, 3.8) is 0 Å². The molecule has 0 aromatic carbocycles. The van der Waals surface area contributed by atoms with Crippen molar-refractivity contribution in [2.45, 2.75) is 155 Å². The zero-order valence-corrected chi connectivity index (χ0v) is 21.9. The van der Waals surface area contributed by atoms with Crippen LogP contribution in [0.15, 0.2) is 0 Å². The maximum Gasteiger partial charge on any atom is 0.0782 e. The van der Waals surface area contributed by atoms with Gasteiger partial charge < -0.3 is 9.96 Å². The molecule has 0 amide bonds. The second-order valence-electron chi connectivity index (χ2n) is 10.5. The van der Waals surface area contributed by atoms with Crippen LogP contribution in [0.5, 0.6) is 0 Å². The van der Waals surface area contributed by atoms with Crippen LogP contribution in [0.4, 0.5) is 0 Å². The van der Waals surface area contributed by atoms with Crippen molar-refractivity contribution >= 4 is 0 Å². The van der Waals surface area contributed by atoms with Crippen LogP contribution in [0, 0.1) is 0 Å². The molecule has 2 heteroatoms. The van der Waals surface area contributed by atoms with E-state index in [-0.39, 0.29) is 5.48 Å². The molecule has 30 heavy (non-hydrogen) atoms. The van der Waals surface area contributed by atoms with Gasteiger partial charge in [0.1, 0.15) is 0 Å². The fraction of sp³-hybridized carbons (Fsp3) is 1.00. The molecule has 0 aliphatic heterocycles. The summed E-state index contributed by atoms with van der Waals surface area (Å²) < 4.78 is 1.24. The average molecular weight is 428 g/mol. The maximum atomic E-state index is 2.45. The van der Waals surface area contributed by atoms with Gasteiger partial charge in [0.05, 0.1) is 27.2 Å². The summed E-state index contributed by atoms with van der Waals surface area (Å²) in [7, 11) is 4.90. The second kappa shape index (κ2) is 25.2. The third-order valence-corrected chi connectivity index (χ3v) is 6.73. The molecular formula is C28H61NO. The molecule has 2 nitrogen and oxygen atoms in total. The molecule has 0 atom stereocenters. The van der Waals surface area contributed by atoms with Gasteiger partial charge in [-0.1, -0.05) is 129 Å². The first-order valence-corrected chi connectivity index (χ1v) is 13.9. The Hall–Kier alpha value is -0.0800. The van der Waals surface area contributed by atoms with Crippen molar-refractivity contribution in [1.29, 1.82) is 0 Å². The summed E-state index contributed by atoms with van der Waals surface area (Å²) in [5.74, 6) is 0. The maximum absolute atomic E-state index is 2.45. The Morgan fingerprint density at radius 2 is 0.533 bits per heavy atom. The van der Waals surface area contributed by atoms with E-state index in [0.29, 0.717) is 0 Å². The van der Waals surface area contributed by atoms with Gasteiger partial charge in [-0.15, -0.1) is 0 Å². The van der Waals surface area contributed by atoms with Crippen LogP contribution in [-0.2, 0) is 0 Å². The third kappa shape index (κ3) is 26.0. The first kappa shape index (κ1) is 32.1. The first-order valence-electron chi connectivity index (χ1n) is 13.9. The minimum Gasteiger partial charge on any atom is -0.870 e. The zero-order valence-electron chi connectivity index (χ0n) is 21.9. The summed E-state index contributed by atoms with van der Waals surface area (Å²) in [6.07, 6.45) is 32.0. The van der Waals surface area contributed by atoms with Crippen molar-refractivity contribution in [2.75, 3.05) is 27.2 Å². The van der Waals surface area contributed by atoms with E-state index < -0.39 is 0 Å². The van der Waals surface area contributed by atoms with Crippen LogP contribution in [0.3, 0.4) is 0 Å². The van der Waals surface area contributed by atoms with Crippen molar-refractivity contribution in [3.8, 4) is 0 Å². The van der Waals surface area contributed by atoms with Crippen molar-refractivity contribution in [2.24, 2.45) is 0 Å². The van der Waals surface area contributed by atoms with E-state index in [0.717, 1.165) is 0 Å². The molecule has 0 radical (unpaired) electrons. The number of hydrogen-bond donors (Lipinski definition) is 0. The Balaban J connectivity index is 0. The van der Waals surface area contributed by atoms with Crippen LogP contribution >= 0.6 is 0 Å². The lowest BCUT2D eigenvalue weighted by molar-refractivity contribution is -0.890. The highest BCUT2D eigenvalue weighted by atomic mass is 16.0. The van der Waals surface area contributed by atoms with E-state index >= 15 is 0 Å². The molecule has 1 N–H and O–H groups in total. The lowest BCUT2D eigenvalue weighted by Gasteiger charge is -2.30. The largest absolute Gasteiger partial charge is 0.870 e. The van der Waals surface area contributed by atoms with Crippen LogP contribution in [0.2, 0.25) is 0 Å². The third-order valence-electron chi connectivity index (χ3n) is 6.73. The minimum atomic E-state index is 0. The highest BCUT2D eigenvalue weighted by Crippen LogP contribution is 2.14. The molecule has 0 saturated heterocycles. The molecule has 0 rings (SSSR count). The van der Waals surface area contributed by atoms with E-state index in [9.17, 15) is 0 Å². The Bertz CT molecular complexity index is 303. The van der Waals surface area contributed by atoms with Crippen LogP contribution in [-0.4, -0.2) is 37.1 Å². The monoisotopic (exact) mass is 427 g/mol. The van der Waals surface area contributed by atoms with Crippen LogP contribution < -0.4 is 0 Å². The molecule has 0 aromatic heterocycles. The number of quaternary nitrogens is 1. The van der Waals surface area contributed by atoms with Crippen molar-refractivity contribution in [3.05, 3.63) is 0 Å². The lowest BCUT2D eigenvalue weighted by Crippen LogP contribution is -2.41. The highest BCUT2D eigenvalue weighted by Gasteiger charge is 2.13. The highest BCUT2D eigenvalue weighted by molar-refractivity contribution is 4.50. The molecular weight excluding hydrogens is 366 g/mol. The fourth-order valence-electron chi connectivity index (χ4n) is 4.52. The molecule has 0 saturated carbocycles. The zero-order chi connectivity index (χ0) is 21.5. The average Bonchev–Trinajstić information content (AvgIpc) is 2.70. The summed E-state index contributed by atoms with van der Waals surface area (Å²) >= 11 is 0. The van der Waals surface area contributed by atoms with E-state index in [1.807, 2.05) is 0 Å². The summed E-state index contributed by atoms with van der Waals surface area (Å²) in [5, 5.41) is 0. The topological polar surface area (TPSA) is 30.0 Å². The smallest absolute Gasteiger partial charge is 0.0782 e. The number of hydrogen-bond acceptors (Lipinski definition) is 1. The second-order valence-corrected chi connectivity index (χ2v) is 10.5. The van der Waals surface area contributed by atoms with Gasteiger partial charge in [-0.3, -0.25) is 0 Å². The quantitative estimate of drug-likeness (QED) is 0.111. The normalized spacial score (nSPS) is 11.6. The standard InChI is InChI=1S/C28H60N.H2O/c1-5-7-9-11-13-15-17-18-20-22-24-26-28-29(3,4)27-25-23-21-19-16-14-12-10-8-6-2;/h5-28H2,1-4H3;1H2/q+1;/p-1. The first-order chi connectivity index (χ1) is 14.1. The predicted molar refractivity (Wildman–Crippen MR) is 137 cm³/mol. The van der Waals surface area contributed by atoms with Gasteiger partial charge >= 0.3 is 0 Å². The fourth-order valence-corrected chi connectivity index (χ4v) is 4.52. The predicted octanol–water partition coefficient (Wildman–Crippen LogP) is 9.51. The Morgan fingerprint density at radius 1 is 0.333 bits per heavy atom. The summed E-state index contributed by atoms with van der Waals surface area (Å²) in [5.41, 5.74) is 0. The Labute approximate surface area is 192 Å². The van der Waals surface area contributed by atoms with E-state index in [2.05, 4.69) is 27.9 Å². The minimum absolute atomic E-state index is 0. The van der Waals surface area contributed by atoms with Crippen molar-refractivity contribution in [1.82, 2.24) is 0 Å². The van der Waals surface area contributed by atoms with E-state index in [1.165, 1.54) is 159 Å². The molecule has 0 spiro atoms. The summed E-state index contributed by atoms with van der Waals surface area (Å²) in [6.45, 7) is 7.37. The molecule has 0 aliphatic carbocycles. The van der Waals surface area contributed by atoms with E-state index in [4.69, 9.17) is 0 Å². The Morgan fingerprint density at radius 3 is 0.767 bits per heavy atom. The molecule has 184 valence electrons. The summed E-state index contributed by atoms with van der Waals surface area (Å²) in [4.78, 5) is 0. The van der Waals surface area contributed by atoms with Crippen LogP contribution in [0.1, 0.15) is 155 Å². The summed E-state index contributed by atoms with van der Waals surface area (Å²) in [6, 6.07) is 0. The van der Waals surface area contributed by atoms with E-state index in [1.54, 1.807) is 0 Å². The van der Waals surface area contributed by atoms with Gasteiger partial charge in [-0.25, -0.2) is 0 Å². The molecule has 0 aliphatic rings. The number of nitrogens with zero attached hydrogens (tertiary/aromatic N) is 1. The van der Waals surface area contributed by atoms with Gasteiger partial charge in [0.2, 0.25) is 0 Å². The SMILES string of the molecule is CCCCCCCCCCCCCC[N+](C)(C)CCCCCCCCCCCC.[OH-]. The van der Waals surface area contributed by atoms with Gasteiger partial charge in [0.15, 0.2) is 0 Å². The van der Waals surface area contributed by atoms with Gasteiger partial charge in [-0.05, 0) is 25.7 Å². The van der Waals surface area contributed by atoms with Gasteiger partial charge in [0.25, 0.3) is 0 Å². The molecule has 0 fully saturated rings. The Kier molecular flexibility index (Phi) is 26.9. The van der Waals surface area contributed by atoms with Crippen LogP contribution in [0.25, 0.3) is 0 Å².